The standard InChI is InChI=1S/C27H30N6OS/c1-16-11-17(2)22(18(3)12-16)14-24(34)29-23-13-19(15-28-26(23)35-27(4,5)6)20-9-7-8-10-21(20)25-30-32-33-31-25/h7-13,15H,14H2,1-6H3,(H,29,34)(H,30,31,32,33). The largest absolute Gasteiger partial charge is 0.323 e. The van der Waals surface area contributed by atoms with Gasteiger partial charge in [-0.2, -0.15) is 5.21 Å². The van der Waals surface area contributed by atoms with Crippen LogP contribution in [0.3, 0.4) is 0 Å². The molecule has 2 aromatic heterocycles. The van der Waals surface area contributed by atoms with Crippen molar-refractivity contribution in [1.29, 1.82) is 0 Å². The number of tetrazole rings is 1. The topological polar surface area (TPSA) is 96.5 Å². The zero-order valence-electron chi connectivity index (χ0n) is 20.9. The van der Waals surface area contributed by atoms with Gasteiger partial charge in [-0.25, -0.2) is 4.98 Å². The first-order valence-electron chi connectivity index (χ1n) is 11.5. The third-order valence-corrected chi connectivity index (χ3v) is 6.66. The van der Waals surface area contributed by atoms with Crippen molar-refractivity contribution in [1.82, 2.24) is 25.6 Å². The summed E-state index contributed by atoms with van der Waals surface area (Å²) < 4.78 is -0.0688. The van der Waals surface area contributed by atoms with Crippen LogP contribution in [0.4, 0.5) is 5.69 Å². The molecule has 7 nitrogen and oxygen atoms in total. The van der Waals surface area contributed by atoms with E-state index in [1.54, 1.807) is 11.8 Å². The Morgan fingerprint density at radius 1 is 1.03 bits per heavy atom. The van der Waals surface area contributed by atoms with Crippen LogP contribution in [0.1, 0.15) is 43.0 Å². The van der Waals surface area contributed by atoms with E-state index < -0.39 is 0 Å². The predicted octanol–water partition coefficient (Wildman–Crippen LogP) is 5.93. The lowest BCUT2D eigenvalue weighted by Crippen LogP contribution is -2.18. The number of carbonyl (C=O) groups is 1. The number of benzene rings is 2. The van der Waals surface area contributed by atoms with Crippen molar-refractivity contribution < 1.29 is 4.79 Å². The molecular weight excluding hydrogens is 456 g/mol. The van der Waals surface area contributed by atoms with Gasteiger partial charge in [-0.15, -0.1) is 10.2 Å². The molecule has 35 heavy (non-hydrogen) atoms. The molecule has 4 rings (SSSR count). The van der Waals surface area contributed by atoms with E-state index in [0.29, 0.717) is 17.9 Å². The Balaban J connectivity index is 1.70. The highest BCUT2D eigenvalue weighted by molar-refractivity contribution is 8.00. The molecule has 0 aliphatic carbocycles. The first-order chi connectivity index (χ1) is 16.6. The van der Waals surface area contributed by atoms with Crippen LogP contribution >= 0.6 is 11.8 Å². The van der Waals surface area contributed by atoms with Crippen LogP contribution < -0.4 is 5.32 Å². The highest BCUT2D eigenvalue weighted by atomic mass is 32.2. The number of thioether (sulfide) groups is 1. The highest BCUT2D eigenvalue weighted by Crippen LogP contribution is 2.38. The molecule has 0 atom stereocenters. The normalized spacial score (nSPS) is 11.5. The summed E-state index contributed by atoms with van der Waals surface area (Å²) in [5.74, 6) is 0.436. The maximum Gasteiger partial charge on any atom is 0.228 e. The number of amides is 1. The fraction of sp³-hybridized carbons (Fsp3) is 0.296. The van der Waals surface area contributed by atoms with E-state index >= 15 is 0 Å². The zero-order chi connectivity index (χ0) is 25.2. The summed E-state index contributed by atoms with van der Waals surface area (Å²) in [6, 6.07) is 14.0. The Labute approximate surface area is 210 Å². The lowest BCUT2D eigenvalue weighted by molar-refractivity contribution is -0.115. The van der Waals surface area contributed by atoms with Crippen molar-refractivity contribution in [3.63, 3.8) is 0 Å². The molecule has 0 radical (unpaired) electrons. The van der Waals surface area contributed by atoms with Crippen molar-refractivity contribution >= 4 is 23.4 Å². The number of aromatic amines is 1. The molecule has 0 bridgehead atoms. The van der Waals surface area contributed by atoms with Crippen molar-refractivity contribution in [2.24, 2.45) is 0 Å². The highest BCUT2D eigenvalue weighted by Gasteiger charge is 2.20. The van der Waals surface area contributed by atoms with Crippen molar-refractivity contribution in [2.75, 3.05) is 5.32 Å². The van der Waals surface area contributed by atoms with Gasteiger partial charge in [0.25, 0.3) is 0 Å². The first-order valence-corrected chi connectivity index (χ1v) is 12.3. The number of H-pyrrole nitrogens is 1. The minimum atomic E-state index is -0.0688. The maximum absolute atomic E-state index is 13.2. The van der Waals surface area contributed by atoms with E-state index in [2.05, 4.69) is 79.6 Å². The summed E-state index contributed by atoms with van der Waals surface area (Å²) in [4.78, 5) is 18.0. The zero-order valence-corrected chi connectivity index (χ0v) is 21.7. The monoisotopic (exact) mass is 486 g/mol. The summed E-state index contributed by atoms with van der Waals surface area (Å²) in [6.45, 7) is 12.6. The number of carbonyl (C=O) groups excluding carboxylic acids is 1. The molecule has 0 spiro atoms. The molecule has 1 amide bonds. The molecule has 8 heteroatoms. The molecule has 4 aromatic rings. The number of nitrogens with zero attached hydrogens (tertiary/aromatic N) is 4. The Kier molecular flexibility index (Phi) is 7.03. The fourth-order valence-corrected chi connectivity index (χ4v) is 5.02. The molecular formula is C27H30N6OS. The van der Waals surface area contributed by atoms with E-state index in [9.17, 15) is 4.79 Å². The van der Waals surface area contributed by atoms with Gasteiger partial charge < -0.3 is 5.32 Å². The summed E-state index contributed by atoms with van der Waals surface area (Å²) >= 11 is 1.62. The minimum absolute atomic E-state index is 0.0683. The van der Waals surface area contributed by atoms with Crippen LogP contribution in [0.5, 0.6) is 0 Å². The van der Waals surface area contributed by atoms with E-state index in [0.717, 1.165) is 38.4 Å². The van der Waals surface area contributed by atoms with Gasteiger partial charge in [0.1, 0.15) is 5.03 Å². The van der Waals surface area contributed by atoms with Gasteiger partial charge >= 0.3 is 0 Å². The SMILES string of the molecule is Cc1cc(C)c(CC(=O)Nc2cc(-c3ccccc3-c3nn[nH]n3)cnc2SC(C)(C)C)c(C)c1. The van der Waals surface area contributed by atoms with Crippen LogP contribution in [-0.2, 0) is 11.2 Å². The molecule has 0 saturated heterocycles. The van der Waals surface area contributed by atoms with Crippen molar-refractivity contribution in [3.8, 4) is 22.5 Å². The van der Waals surface area contributed by atoms with Gasteiger partial charge in [-0.3, -0.25) is 4.79 Å². The van der Waals surface area contributed by atoms with E-state index in [4.69, 9.17) is 4.98 Å². The summed E-state index contributed by atoms with van der Waals surface area (Å²) in [5.41, 5.74) is 7.82. The van der Waals surface area contributed by atoms with E-state index in [1.807, 2.05) is 36.5 Å². The second-order valence-corrected chi connectivity index (χ2v) is 11.5. The molecule has 0 aliphatic rings. The first kappa shape index (κ1) is 24.6. The van der Waals surface area contributed by atoms with Crippen LogP contribution in [-0.4, -0.2) is 36.3 Å². The summed E-state index contributed by atoms with van der Waals surface area (Å²) in [5, 5.41) is 18.4. The van der Waals surface area contributed by atoms with Crippen molar-refractivity contribution in [3.05, 3.63) is 70.9 Å². The predicted molar refractivity (Wildman–Crippen MR) is 141 cm³/mol. The lowest BCUT2D eigenvalue weighted by Gasteiger charge is -2.20. The molecule has 2 aromatic carbocycles. The second kappa shape index (κ2) is 10.00. The Morgan fingerprint density at radius 2 is 1.71 bits per heavy atom. The quantitative estimate of drug-likeness (QED) is 0.328. The molecule has 0 saturated carbocycles. The molecule has 2 heterocycles. The summed E-state index contributed by atoms with van der Waals surface area (Å²) in [6.07, 6.45) is 2.14. The Morgan fingerprint density at radius 3 is 2.34 bits per heavy atom. The second-order valence-electron chi connectivity index (χ2n) is 9.67. The molecule has 0 aliphatic heterocycles. The van der Waals surface area contributed by atoms with Gasteiger partial charge in [0, 0.05) is 22.1 Å². The Bertz CT molecular complexity index is 1340. The number of aryl methyl sites for hydroxylation is 3. The third-order valence-electron chi connectivity index (χ3n) is 5.53. The Hall–Kier alpha value is -3.52. The average Bonchev–Trinajstić information content (AvgIpc) is 3.31. The fourth-order valence-electron chi connectivity index (χ4n) is 4.11. The van der Waals surface area contributed by atoms with Crippen LogP contribution in [0.2, 0.25) is 0 Å². The van der Waals surface area contributed by atoms with Gasteiger partial charge in [0.05, 0.1) is 12.1 Å². The van der Waals surface area contributed by atoms with Gasteiger partial charge in [0.2, 0.25) is 11.7 Å². The van der Waals surface area contributed by atoms with Gasteiger partial charge in [-0.05, 0) is 54.3 Å². The number of aromatic nitrogens is 5. The van der Waals surface area contributed by atoms with Crippen LogP contribution in [0, 0.1) is 20.8 Å². The molecule has 180 valence electrons. The number of hydrogen-bond acceptors (Lipinski definition) is 6. The van der Waals surface area contributed by atoms with E-state index in [1.165, 1.54) is 5.56 Å². The van der Waals surface area contributed by atoms with Crippen LogP contribution in [0.15, 0.2) is 53.7 Å². The van der Waals surface area contributed by atoms with Gasteiger partial charge in [0.15, 0.2) is 0 Å². The van der Waals surface area contributed by atoms with Crippen molar-refractivity contribution in [2.45, 2.75) is 57.7 Å². The third kappa shape index (κ3) is 5.95. The smallest absolute Gasteiger partial charge is 0.228 e. The number of rotatable bonds is 6. The number of anilines is 1. The summed E-state index contributed by atoms with van der Waals surface area (Å²) in [7, 11) is 0. The number of nitrogens with one attached hydrogen (secondary N) is 2. The molecule has 2 N–H and O–H groups in total. The average molecular weight is 487 g/mol. The maximum atomic E-state index is 13.2. The lowest BCUT2D eigenvalue weighted by atomic mass is 9.97. The van der Waals surface area contributed by atoms with Crippen LogP contribution in [0.25, 0.3) is 22.5 Å². The van der Waals surface area contributed by atoms with E-state index in [-0.39, 0.29) is 10.7 Å². The number of hydrogen-bond donors (Lipinski definition) is 2. The minimum Gasteiger partial charge on any atom is -0.323 e. The van der Waals surface area contributed by atoms with Gasteiger partial charge in [-0.1, -0.05) is 74.5 Å². The number of pyridine rings is 1. The molecule has 0 unspecified atom stereocenters. The molecule has 0 fully saturated rings.